The molecule has 466 valence electrons. The van der Waals surface area contributed by atoms with E-state index in [0.717, 1.165) is 106 Å². The Balaban J connectivity index is 0.729. The normalized spacial score (nSPS) is 24.3. The number of amides is 1. The number of carbonyl (C=O) groups excluding carboxylic acids is 1. The van der Waals surface area contributed by atoms with Crippen molar-refractivity contribution in [3.8, 4) is 17.4 Å². The molecular formula is C64H76N10O12S2. The summed E-state index contributed by atoms with van der Waals surface area (Å²) in [6.45, 7) is 15.3. The van der Waals surface area contributed by atoms with Crippen LogP contribution in [0.4, 0.5) is 28.4 Å². The van der Waals surface area contributed by atoms with Crippen LogP contribution in [0.25, 0.3) is 11.0 Å². The van der Waals surface area contributed by atoms with Crippen LogP contribution in [0.3, 0.4) is 0 Å². The molecule has 5 atom stereocenters. The average molecular weight is 1240 g/mol. The second-order valence-electron chi connectivity index (χ2n) is 26.2. The number of rotatable bonds is 12. The van der Waals surface area contributed by atoms with Gasteiger partial charge in [-0.15, -0.1) is 0 Å². The largest absolute Gasteiger partial charge is 0.490 e. The number of sulfonamides is 1. The molecule has 1 aliphatic carbocycles. The standard InChI is InChI=1S/C64H76N10O12S2/c1-38-8-6-7-9-45(38)53-35-71(39(2)47-34-66-62(87(5,78)79)58-56(47)63(3,4)18-27-84-58)22-23-72(53)43-32-64(33-43)16-20-70(21-17-64)42-10-11-46(50(29-42)73-49-15-26-83-37-55(49)86-61-52(73)28-41-12-19-65-59(41)68-61)60(75)69-88(80,81)44-30-51(74(76)77)57-54(31-44)85-36-48(67-57)40-13-24-82-25-14-40/h6-12,19,28-31,34,39-40,43,48-49,53,55,67H,13-18,20-27,32-33,35-37H2,1-5H3,(H,65,68)(H,69,75)/t39?,48-,49-,53-,55-/m0/s1. The molecule has 0 radical (unpaired) electrons. The number of nitrogens with zero attached hydrogens (tertiary/aromatic N) is 7. The number of benzene rings is 3. The zero-order valence-electron chi connectivity index (χ0n) is 50.3. The smallest absolute Gasteiger partial charge is 0.297 e. The van der Waals surface area contributed by atoms with Crippen molar-refractivity contribution >= 4 is 65.2 Å². The van der Waals surface area contributed by atoms with Crippen LogP contribution in [0.5, 0.6) is 17.4 Å². The summed E-state index contributed by atoms with van der Waals surface area (Å²) in [7, 11) is -8.36. The van der Waals surface area contributed by atoms with Crippen LogP contribution in [0.2, 0.25) is 0 Å². The molecule has 1 unspecified atom stereocenters. The number of hydrogen-bond donors (Lipinski definition) is 3. The summed E-state index contributed by atoms with van der Waals surface area (Å²) < 4.78 is 87.6. The summed E-state index contributed by atoms with van der Waals surface area (Å²) in [6.07, 6.45) is 11.2. The zero-order chi connectivity index (χ0) is 61.0. The van der Waals surface area contributed by atoms with Crippen LogP contribution >= 0.6 is 0 Å². The van der Waals surface area contributed by atoms with Gasteiger partial charge in [-0.3, -0.25) is 24.7 Å². The summed E-state index contributed by atoms with van der Waals surface area (Å²) in [5.41, 5.74) is 6.64. The van der Waals surface area contributed by atoms with Crippen molar-refractivity contribution in [1.29, 1.82) is 0 Å². The number of pyridine rings is 2. The third-order valence-electron chi connectivity index (χ3n) is 20.5. The molecule has 22 nitrogen and oxygen atoms in total. The lowest BCUT2D eigenvalue weighted by Crippen LogP contribution is -2.60. The van der Waals surface area contributed by atoms with Gasteiger partial charge in [0, 0.05) is 118 Å². The maximum atomic E-state index is 15.0. The molecule has 8 aliphatic rings. The second kappa shape index (κ2) is 22.4. The Morgan fingerprint density at radius 2 is 1.67 bits per heavy atom. The molecule has 88 heavy (non-hydrogen) atoms. The number of hydrogen-bond acceptors (Lipinski definition) is 19. The van der Waals surface area contributed by atoms with E-state index in [0.29, 0.717) is 67.5 Å². The predicted molar refractivity (Wildman–Crippen MR) is 331 cm³/mol. The Morgan fingerprint density at radius 3 is 2.44 bits per heavy atom. The summed E-state index contributed by atoms with van der Waals surface area (Å²) in [5, 5.41) is 16.7. The van der Waals surface area contributed by atoms with Gasteiger partial charge in [0.25, 0.3) is 21.6 Å². The van der Waals surface area contributed by atoms with Crippen molar-refractivity contribution in [1.82, 2.24) is 29.5 Å². The van der Waals surface area contributed by atoms with Gasteiger partial charge in [-0.2, -0.15) is 4.98 Å². The second-order valence-corrected chi connectivity index (χ2v) is 29.8. The molecule has 4 saturated heterocycles. The van der Waals surface area contributed by atoms with Crippen LogP contribution in [-0.4, -0.2) is 155 Å². The minimum atomic E-state index is -4.74. The van der Waals surface area contributed by atoms with Crippen LogP contribution < -0.4 is 34.0 Å². The van der Waals surface area contributed by atoms with Crippen LogP contribution in [0.1, 0.15) is 117 Å². The number of ether oxygens (including phenoxy) is 5. The number of nitro groups is 1. The van der Waals surface area contributed by atoms with E-state index in [9.17, 15) is 31.7 Å². The predicted octanol–water partition coefficient (Wildman–Crippen LogP) is 8.91. The fourth-order valence-electron chi connectivity index (χ4n) is 15.5. The molecule has 7 aliphatic heterocycles. The molecule has 0 bridgehead atoms. The van der Waals surface area contributed by atoms with Crippen molar-refractivity contribution in [3.63, 3.8) is 0 Å². The molecule has 24 heteroatoms. The fraction of sp³-hybridized carbons (Fsp3) is 0.516. The van der Waals surface area contributed by atoms with Crippen molar-refractivity contribution in [2.45, 2.75) is 131 Å². The van der Waals surface area contributed by atoms with Crippen LogP contribution in [-0.2, 0) is 34.7 Å². The number of sulfone groups is 1. The van der Waals surface area contributed by atoms with Gasteiger partial charge in [-0.05, 0) is 129 Å². The van der Waals surface area contributed by atoms with Crippen LogP contribution in [0, 0.1) is 28.4 Å². The number of aromatic amines is 1. The number of carbonyl (C=O) groups is 1. The van der Waals surface area contributed by atoms with Gasteiger partial charge in [0.05, 0.1) is 46.4 Å². The van der Waals surface area contributed by atoms with E-state index in [1.807, 2.05) is 24.3 Å². The van der Waals surface area contributed by atoms with Crippen molar-refractivity contribution in [2.75, 3.05) is 93.7 Å². The Hall–Kier alpha value is -7.09. The SMILES string of the molecule is Cc1ccccc1[C@@H]1CN(C(C)c2cnc(S(C)(=O)=O)c3c2C(C)(C)CCO3)CCN1C1CC2(CCN(c3ccc(C(=O)NS(=O)(=O)c4cc5c(c([N+](=O)[O-])c4)N[C@H](C4CCOCC4)CO5)c(N4c5cc6cc[nH]c6nc5O[C@H]5COCC[C@@H]54)c3)CC2)C1. The molecule has 14 rings (SSSR count). The molecule has 10 heterocycles. The topological polar surface area (TPSA) is 253 Å². The number of aryl methyl sites for hydroxylation is 1. The van der Waals surface area contributed by atoms with E-state index in [2.05, 4.69) is 91.6 Å². The quantitative estimate of drug-likeness (QED) is 0.0763. The van der Waals surface area contributed by atoms with Gasteiger partial charge in [0.2, 0.25) is 5.88 Å². The lowest BCUT2D eigenvalue weighted by Gasteiger charge is -2.58. The Morgan fingerprint density at radius 1 is 0.886 bits per heavy atom. The first-order valence-electron chi connectivity index (χ1n) is 30.9. The van der Waals surface area contributed by atoms with Crippen LogP contribution in [0.15, 0.2) is 89.0 Å². The zero-order valence-corrected chi connectivity index (χ0v) is 52.0. The number of piperazine rings is 1. The highest BCUT2D eigenvalue weighted by molar-refractivity contribution is 7.90. The number of anilines is 4. The third-order valence-corrected chi connectivity index (χ3v) is 22.8. The summed E-state index contributed by atoms with van der Waals surface area (Å²) in [6, 6.07) is 20.3. The van der Waals surface area contributed by atoms with E-state index < -0.39 is 47.4 Å². The maximum absolute atomic E-state index is 15.0. The molecule has 3 N–H and O–H groups in total. The van der Waals surface area contributed by atoms with E-state index in [4.69, 9.17) is 28.7 Å². The van der Waals surface area contributed by atoms with Gasteiger partial charge < -0.3 is 43.8 Å². The van der Waals surface area contributed by atoms with E-state index in [-0.39, 0.29) is 76.2 Å². The minimum absolute atomic E-state index is 0.00912. The summed E-state index contributed by atoms with van der Waals surface area (Å²) in [4.78, 5) is 48.8. The first-order chi connectivity index (χ1) is 42.2. The first-order valence-corrected chi connectivity index (χ1v) is 34.3. The number of nitro benzene ring substituents is 1. The number of fused-ring (bicyclic) bond motifs is 5. The number of H-pyrrole nitrogens is 1. The molecule has 3 aromatic carbocycles. The van der Waals surface area contributed by atoms with E-state index >= 15 is 0 Å². The maximum Gasteiger partial charge on any atom is 0.297 e. The average Bonchev–Trinajstić information content (AvgIpc) is 1.16. The van der Waals surface area contributed by atoms with Gasteiger partial charge in [-0.1, -0.05) is 38.1 Å². The molecule has 6 aromatic rings. The van der Waals surface area contributed by atoms with Crippen molar-refractivity contribution in [3.05, 3.63) is 117 Å². The highest BCUT2D eigenvalue weighted by atomic mass is 32.2. The first kappa shape index (κ1) is 58.6. The monoisotopic (exact) mass is 1240 g/mol. The lowest BCUT2D eigenvalue weighted by molar-refractivity contribution is -0.384. The number of aromatic nitrogens is 3. The minimum Gasteiger partial charge on any atom is -0.490 e. The van der Waals surface area contributed by atoms with Gasteiger partial charge >= 0.3 is 0 Å². The molecule has 1 amide bonds. The van der Waals surface area contributed by atoms with Gasteiger partial charge in [0.1, 0.15) is 24.0 Å². The molecular weight excluding hydrogens is 1160 g/mol. The van der Waals surface area contributed by atoms with Gasteiger partial charge in [-0.25, -0.2) is 26.5 Å². The molecule has 3 aromatic heterocycles. The van der Waals surface area contributed by atoms with E-state index in [1.54, 1.807) is 18.5 Å². The summed E-state index contributed by atoms with van der Waals surface area (Å²) >= 11 is 0. The molecule has 5 fully saturated rings. The molecule has 1 saturated carbocycles. The number of nitrogens with one attached hydrogen (secondary N) is 3. The lowest BCUT2D eigenvalue weighted by atomic mass is 9.59. The highest BCUT2D eigenvalue weighted by Gasteiger charge is 2.51. The summed E-state index contributed by atoms with van der Waals surface area (Å²) in [5.74, 6) is -0.00388. The van der Waals surface area contributed by atoms with Crippen molar-refractivity contribution in [2.24, 2.45) is 11.3 Å². The van der Waals surface area contributed by atoms with Gasteiger partial charge in [0.15, 0.2) is 32.0 Å². The number of piperidine rings is 1. The third kappa shape index (κ3) is 10.6. The fourth-order valence-corrected chi connectivity index (χ4v) is 17.3. The Bertz CT molecular complexity index is 3970. The Kier molecular flexibility index (Phi) is 14.9. The Labute approximate surface area is 512 Å². The van der Waals surface area contributed by atoms with Crippen molar-refractivity contribution < 1.29 is 50.2 Å². The molecule has 1 spiro atoms. The highest BCUT2D eigenvalue weighted by Crippen LogP contribution is 2.55. The van der Waals surface area contributed by atoms with E-state index in [1.165, 1.54) is 23.4 Å².